The van der Waals surface area contributed by atoms with Gasteiger partial charge in [0.05, 0.1) is 16.5 Å². The van der Waals surface area contributed by atoms with Crippen LogP contribution in [-0.2, 0) is 10.0 Å². The summed E-state index contributed by atoms with van der Waals surface area (Å²) in [5.74, 6) is -0.0686. The lowest BCUT2D eigenvalue weighted by Crippen LogP contribution is -2.51. The van der Waals surface area contributed by atoms with Gasteiger partial charge in [-0.25, -0.2) is 12.7 Å². The Balaban J connectivity index is 1.65. The number of hydrogen-bond acceptors (Lipinski definition) is 4. The summed E-state index contributed by atoms with van der Waals surface area (Å²) in [7, 11) is -4.04. The summed E-state index contributed by atoms with van der Waals surface area (Å²) in [6, 6.07) is 21.3. The van der Waals surface area contributed by atoms with Gasteiger partial charge in [-0.15, -0.1) is 0 Å². The van der Waals surface area contributed by atoms with Crippen LogP contribution in [0.3, 0.4) is 0 Å². The van der Waals surface area contributed by atoms with E-state index in [1.807, 2.05) is 43.3 Å². The number of benzene rings is 3. The number of nitrogens with zero attached hydrogens (tertiary/aromatic N) is 1. The first-order valence-corrected chi connectivity index (χ1v) is 12.4. The van der Waals surface area contributed by atoms with E-state index in [1.54, 1.807) is 36.4 Å². The molecule has 0 radical (unpaired) electrons. The van der Waals surface area contributed by atoms with Crippen molar-refractivity contribution >= 4 is 15.9 Å². The van der Waals surface area contributed by atoms with Crippen LogP contribution in [0.4, 0.5) is 0 Å². The number of aryl methyl sites for hydroxylation is 1. The van der Waals surface area contributed by atoms with Gasteiger partial charge >= 0.3 is 0 Å². The van der Waals surface area contributed by atoms with Crippen LogP contribution in [0.1, 0.15) is 41.6 Å². The number of sulfonamides is 1. The van der Waals surface area contributed by atoms with Crippen molar-refractivity contribution in [1.82, 2.24) is 4.31 Å². The van der Waals surface area contributed by atoms with Crippen LogP contribution < -0.4 is 4.74 Å². The molecule has 1 fully saturated rings. The van der Waals surface area contributed by atoms with Gasteiger partial charge in [0.15, 0.2) is 0 Å². The molecule has 0 bridgehead atoms. The van der Waals surface area contributed by atoms with Gasteiger partial charge in [0, 0.05) is 0 Å². The van der Waals surface area contributed by atoms with E-state index in [2.05, 4.69) is 0 Å². The third-order valence-corrected chi connectivity index (χ3v) is 8.16. The Hall–Kier alpha value is -3.12. The standard InChI is InChI=1S/C26H25NO4S/c1-18-11-14-21(15-12-18)32(29,30)27-23-9-5-6-10-25(23)31-24-16-13-20(17-22(24)26(27)28)19-7-3-2-4-8-19/h2-4,7-8,11-17,23,25H,5-6,9-10H2,1H3/t23-,25-/m1/s1. The molecule has 0 N–H and O–H groups in total. The van der Waals surface area contributed by atoms with Crippen LogP contribution >= 0.6 is 0 Å². The Morgan fingerprint density at radius 3 is 2.34 bits per heavy atom. The minimum Gasteiger partial charge on any atom is -0.487 e. The number of carbonyl (C=O) groups is 1. The monoisotopic (exact) mass is 447 g/mol. The van der Waals surface area contributed by atoms with Gasteiger partial charge in [0.25, 0.3) is 15.9 Å². The molecule has 5 rings (SSSR count). The van der Waals surface area contributed by atoms with E-state index < -0.39 is 22.0 Å². The van der Waals surface area contributed by atoms with Crippen molar-refractivity contribution in [2.24, 2.45) is 0 Å². The Morgan fingerprint density at radius 1 is 0.875 bits per heavy atom. The van der Waals surface area contributed by atoms with Crippen molar-refractivity contribution < 1.29 is 17.9 Å². The number of ether oxygens (including phenoxy) is 1. The lowest BCUT2D eigenvalue weighted by atomic mass is 9.92. The maximum absolute atomic E-state index is 13.8. The normalized spacial score (nSPS) is 20.7. The molecular formula is C26H25NO4S. The van der Waals surface area contributed by atoms with Crippen LogP contribution in [-0.4, -0.2) is 30.8 Å². The third-order valence-electron chi connectivity index (χ3n) is 6.34. The highest BCUT2D eigenvalue weighted by molar-refractivity contribution is 7.89. The fourth-order valence-corrected chi connectivity index (χ4v) is 6.26. The summed E-state index contributed by atoms with van der Waals surface area (Å²) in [6.07, 6.45) is 2.78. The summed E-state index contributed by atoms with van der Waals surface area (Å²) >= 11 is 0. The number of fused-ring (bicyclic) bond motifs is 2. The molecule has 0 saturated heterocycles. The Morgan fingerprint density at radius 2 is 1.59 bits per heavy atom. The molecule has 164 valence electrons. The number of hydrogen-bond donors (Lipinski definition) is 0. The summed E-state index contributed by atoms with van der Waals surface area (Å²) in [5, 5.41) is 0. The van der Waals surface area contributed by atoms with Crippen LogP contribution in [0.25, 0.3) is 11.1 Å². The second-order valence-electron chi connectivity index (χ2n) is 8.50. The van der Waals surface area contributed by atoms with Gasteiger partial charge in [-0.3, -0.25) is 4.79 Å². The van der Waals surface area contributed by atoms with E-state index in [-0.39, 0.29) is 16.6 Å². The maximum Gasteiger partial charge on any atom is 0.271 e. The zero-order valence-electron chi connectivity index (χ0n) is 17.9. The van der Waals surface area contributed by atoms with Crippen LogP contribution in [0.2, 0.25) is 0 Å². The Labute approximate surface area is 188 Å². The molecule has 1 aliphatic carbocycles. The minimum absolute atomic E-state index is 0.128. The predicted octanol–water partition coefficient (Wildman–Crippen LogP) is 5.20. The number of amides is 1. The van der Waals surface area contributed by atoms with Gasteiger partial charge in [0.2, 0.25) is 0 Å². The second-order valence-corrected chi connectivity index (χ2v) is 10.3. The molecule has 0 spiro atoms. The average Bonchev–Trinajstić information content (AvgIpc) is 2.93. The first-order valence-electron chi connectivity index (χ1n) is 11.0. The minimum atomic E-state index is -4.04. The summed E-state index contributed by atoms with van der Waals surface area (Å²) in [6.45, 7) is 1.90. The fraction of sp³-hybridized carbons (Fsp3) is 0.269. The van der Waals surface area contributed by atoms with Crippen molar-refractivity contribution in [3.63, 3.8) is 0 Å². The molecule has 1 saturated carbocycles. The number of carbonyl (C=O) groups excluding carboxylic acids is 1. The van der Waals surface area contributed by atoms with Gasteiger partial charge in [-0.1, -0.05) is 60.5 Å². The predicted molar refractivity (Wildman–Crippen MR) is 123 cm³/mol. The van der Waals surface area contributed by atoms with Crippen molar-refractivity contribution in [1.29, 1.82) is 0 Å². The van der Waals surface area contributed by atoms with E-state index in [1.165, 1.54) is 0 Å². The molecular weight excluding hydrogens is 422 g/mol. The number of rotatable bonds is 3. The molecule has 32 heavy (non-hydrogen) atoms. The lowest BCUT2D eigenvalue weighted by molar-refractivity contribution is 0.0632. The molecule has 1 aliphatic heterocycles. The Bertz CT molecular complexity index is 1250. The molecule has 3 aromatic rings. The van der Waals surface area contributed by atoms with Crippen molar-refractivity contribution in [3.8, 4) is 16.9 Å². The summed E-state index contributed by atoms with van der Waals surface area (Å²) in [4.78, 5) is 14.0. The molecule has 2 aliphatic rings. The van der Waals surface area contributed by atoms with Crippen molar-refractivity contribution in [2.45, 2.75) is 49.6 Å². The van der Waals surface area contributed by atoms with E-state index in [0.29, 0.717) is 12.2 Å². The molecule has 6 heteroatoms. The molecule has 5 nitrogen and oxygen atoms in total. The first-order chi connectivity index (χ1) is 15.4. The molecule has 3 aromatic carbocycles. The first kappa shape index (κ1) is 20.8. The highest BCUT2D eigenvalue weighted by Crippen LogP contribution is 2.38. The Kier molecular flexibility index (Phi) is 5.25. The van der Waals surface area contributed by atoms with Crippen molar-refractivity contribution in [2.75, 3.05) is 0 Å². The highest BCUT2D eigenvalue weighted by Gasteiger charge is 2.45. The fourth-order valence-electron chi connectivity index (χ4n) is 4.64. The van der Waals surface area contributed by atoms with Gasteiger partial charge < -0.3 is 4.74 Å². The van der Waals surface area contributed by atoms with Gasteiger partial charge in [0.1, 0.15) is 11.9 Å². The zero-order valence-corrected chi connectivity index (χ0v) is 18.7. The molecule has 1 amide bonds. The quantitative estimate of drug-likeness (QED) is 0.554. The van der Waals surface area contributed by atoms with Crippen LogP contribution in [0.5, 0.6) is 5.75 Å². The van der Waals surface area contributed by atoms with E-state index in [9.17, 15) is 13.2 Å². The highest BCUT2D eigenvalue weighted by atomic mass is 32.2. The van der Waals surface area contributed by atoms with Crippen LogP contribution in [0.15, 0.2) is 77.7 Å². The molecule has 2 atom stereocenters. The largest absolute Gasteiger partial charge is 0.487 e. The third kappa shape index (κ3) is 3.58. The molecule has 0 unspecified atom stereocenters. The maximum atomic E-state index is 13.8. The molecule has 0 aromatic heterocycles. The average molecular weight is 448 g/mol. The van der Waals surface area contributed by atoms with E-state index in [0.717, 1.165) is 40.3 Å². The topological polar surface area (TPSA) is 63.7 Å². The summed E-state index contributed by atoms with van der Waals surface area (Å²) < 4.78 is 34.8. The molecule has 1 heterocycles. The van der Waals surface area contributed by atoms with Gasteiger partial charge in [-0.2, -0.15) is 0 Å². The van der Waals surface area contributed by atoms with E-state index >= 15 is 0 Å². The lowest BCUT2D eigenvalue weighted by Gasteiger charge is -2.36. The second kappa shape index (κ2) is 8.10. The van der Waals surface area contributed by atoms with E-state index in [4.69, 9.17) is 4.74 Å². The SMILES string of the molecule is Cc1ccc(S(=O)(=O)N2C(=O)c3cc(-c4ccccc4)ccc3O[C@@H]3CCCC[C@H]32)cc1. The van der Waals surface area contributed by atoms with Crippen molar-refractivity contribution in [3.05, 3.63) is 83.9 Å². The van der Waals surface area contributed by atoms with Gasteiger partial charge in [-0.05, 0) is 61.6 Å². The summed E-state index contributed by atoms with van der Waals surface area (Å²) in [5.41, 5.74) is 3.05. The zero-order chi connectivity index (χ0) is 22.3. The smallest absolute Gasteiger partial charge is 0.271 e. The van der Waals surface area contributed by atoms with Crippen LogP contribution in [0, 0.1) is 6.92 Å².